The van der Waals surface area contributed by atoms with Gasteiger partial charge in [0.15, 0.2) is 0 Å². The predicted octanol–water partition coefficient (Wildman–Crippen LogP) is 4.33. The molecule has 0 unspecified atom stereocenters. The molecular weight excluding hydrogens is 251 g/mol. The topological polar surface area (TPSA) is 38.0 Å². The smallest absolute Gasteiger partial charge is 0.146 e. The van der Waals surface area contributed by atoms with Gasteiger partial charge in [0.25, 0.3) is 0 Å². The molecule has 0 aliphatic heterocycles. The second kappa shape index (κ2) is 5.63. The Morgan fingerprint density at radius 2 is 1.70 bits per heavy atom. The van der Waals surface area contributed by atoms with Crippen molar-refractivity contribution in [3.8, 4) is 0 Å². The van der Waals surface area contributed by atoms with Crippen LogP contribution in [-0.4, -0.2) is 0 Å². The van der Waals surface area contributed by atoms with E-state index in [4.69, 9.17) is 5.73 Å². The van der Waals surface area contributed by atoms with Crippen molar-refractivity contribution in [3.05, 3.63) is 59.4 Å². The Labute approximate surface area is 119 Å². The zero-order chi connectivity index (χ0) is 14.8. The molecule has 0 amide bonds. The summed E-state index contributed by atoms with van der Waals surface area (Å²) in [6.07, 6.45) is 0. The lowest BCUT2D eigenvalue weighted by molar-refractivity contribution is 0.590. The monoisotopic (exact) mass is 272 g/mol. The van der Waals surface area contributed by atoms with Crippen LogP contribution in [-0.2, 0) is 12.0 Å². The largest absolute Gasteiger partial charge is 0.353 e. The van der Waals surface area contributed by atoms with Crippen molar-refractivity contribution in [2.75, 3.05) is 5.32 Å². The molecule has 3 N–H and O–H groups in total. The first-order chi connectivity index (χ1) is 9.40. The number of hydrogen-bond acceptors (Lipinski definition) is 2. The molecule has 0 saturated heterocycles. The van der Waals surface area contributed by atoms with Crippen molar-refractivity contribution < 1.29 is 4.39 Å². The van der Waals surface area contributed by atoms with Gasteiger partial charge >= 0.3 is 0 Å². The second-order valence-corrected chi connectivity index (χ2v) is 5.97. The van der Waals surface area contributed by atoms with Gasteiger partial charge < -0.3 is 11.1 Å². The molecule has 0 saturated carbocycles. The molecule has 20 heavy (non-hydrogen) atoms. The van der Waals surface area contributed by atoms with E-state index in [0.29, 0.717) is 12.2 Å². The maximum absolute atomic E-state index is 13.9. The zero-order valence-corrected chi connectivity index (χ0v) is 12.2. The van der Waals surface area contributed by atoms with Crippen LogP contribution >= 0.6 is 0 Å². The number of nitrogens with one attached hydrogen (secondary N) is 1. The van der Waals surface area contributed by atoms with Crippen molar-refractivity contribution in [2.24, 2.45) is 5.73 Å². The van der Waals surface area contributed by atoms with Gasteiger partial charge in [-0.2, -0.15) is 0 Å². The number of hydrogen-bond donors (Lipinski definition) is 2. The molecule has 0 fully saturated rings. The first-order valence-electron chi connectivity index (χ1n) is 6.76. The van der Waals surface area contributed by atoms with E-state index in [9.17, 15) is 4.39 Å². The van der Waals surface area contributed by atoms with Crippen molar-refractivity contribution in [2.45, 2.75) is 32.7 Å². The van der Waals surface area contributed by atoms with E-state index < -0.39 is 0 Å². The highest BCUT2D eigenvalue weighted by Gasteiger charge is 2.13. The van der Waals surface area contributed by atoms with Gasteiger partial charge in [0, 0.05) is 12.2 Å². The summed E-state index contributed by atoms with van der Waals surface area (Å²) >= 11 is 0. The Hall–Kier alpha value is -1.87. The van der Waals surface area contributed by atoms with Crippen LogP contribution in [0.15, 0.2) is 42.5 Å². The predicted molar refractivity (Wildman–Crippen MR) is 82.7 cm³/mol. The Balaban J connectivity index is 2.18. The van der Waals surface area contributed by atoms with Crippen molar-refractivity contribution in [3.63, 3.8) is 0 Å². The van der Waals surface area contributed by atoms with Crippen molar-refractivity contribution in [1.82, 2.24) is 0 Å². The third-order valence-corrected chi connectivity index (χ3v) is 3.30. The van der Waals surface area contributed by atoms with Crippen LogP contribution in [0.5, 0.6) is 0 Å². The number of anilines is 2. The van der Waals surface area contributed by atoms with Gasteiger partial charge in [-0.1, -0.05) is 39.0 Å². The van der Waals surface area contributed by atoms with Crippen LogP contribution in [0.25, 0.3) is 0 Å². The Morgan fingerprint density at radius 1 is 1.05 bits per heavy atom. The highest BCUT2D eigenvalue weighted by Crippen LogP contribution is 2.26. The average molecular weight is 272 g/mol. The fourth-order valence-electron chi connectivity index (χ4n) is 2.00. The molecule has 2 rings (SSSR count). The third-order valence-electron chi connectivity index (χ3n) is 3.30. The fourth-order valence-corrected chi connectivity index (χ4v) is 2.00. The standard InChI is InChI=1S/C17H21FN2/c1-17(2,3)13-5-7-14(8-6-13)20-16-9-4-12(11-19)10-15(16)18/h4-10,20H,11,19H2,1-3H3. The molecule has 0 radical (unpaired) electrons. The summed E-state index contributed by atoms with van der Waals surface area (Å²) in [6, 6.07) is 13.1. The molecule has 2 aromatic rings. The lowest BCUT2D eigenvalue weighted by Crippen LogP contribution is -2.10. The van der Waals surface area contributed by atoms with Gasteiger partial charge in [0.1, 0.15) is 5.82 Å². The molecule has 0 heterocycles. The van der Waals surface area contributed by atoms with Crippen molar-refractivity contribution in [1.29, 1.82) is 0 Å². The highest BCUT2D eigenvalue weighted by molar-refractivity contribution is 5.61. The molecule has 0 bridgehead atoms. The minimum absolute atomic E-state index is 0.118. The van der Waals surface area contributed by atoms with Crippen LogP contribution in [0, 0.1) is 5.82 Å². The summed E-state index contributed by atoms with van der Waals surface area (Å²) in [5, 5.41) is 3.09. The van der Waals surface area contributed by atoms with E-state index >= 15 is 0 Å². The van der Waals surface area contributed by atoms with Crippen LogP contribution in [0.2, 0.25) is 0 Å². The highest BCUT2D eigenvalue weighted by atomic mass is 19.1. The van der Waals surface area contributed by atoms with Crippen LogP contribution in [0.4, 0.5) is 15.8 Å². The summed E-state index contributed by atoms with van der Waals surface area (Å²) < 4.78 is 13.9. The normalized spacial score (nSPS) is 11.4. The van der Waals surface area contributed by atoms with Crippen molar-refractivity contribution >= 4 is 11.4 Å². The van der Waals surface area contributed by atoms with Gasteiger partial charge in [-0.3, -0.25) is 0 Å². The first kappa shape index (κ1) is 14.5. The summed E-state index contributed by atoms with van der Waals surface area (Å²) in [7, 11) is 0. The number of halogens is 1. The molecular formula is C17H21FN2. The maximum atomic E-state index is 13.9. The third kappa shape index (κ3) is 3.36. The molecule has 2 nitrogen and oxygen atoms in total. The van der Waals surface area contributed by atoms with E-state index in [1.54, 1.807) is 6.07 Å². The average Bonchev–Trinajstić information content (AvgIpc) is 2.40. The summed E-state index contributed by atoms with van der Waals surface area (Å²) in [5.74, 6) is -0.284. The Bertz CT molecular complexity index is 583. The summed E-state index contributed by atoms with van der Waals surface area (Å²) in [6.45, 7) is 6.85. The van der Waals surface area contributed by atoms with E-state index in [0.717, 1.165) is 11.3 Å². The Kier molecular flexibility index (Phi) is 4.09. The van der Waals surface area contributed by atoms with Gasteiger partial charge in [-0.05, 0) is 40.8 Å². The van der Waals surface area contributed by atoms with E-state index in [1.807, 2.05) is 18.2 Å². The SMILES string of the molecule is CC(C)(C)c1ccc(Nc2ccc(CN)cc2F)cc1. The zero-order valence-electron chi connectivity index (χ0n) is 12.2. The van der Waals surface area contributed by atoms with Gasteiger partial charge in [-0.15, -0.1) is 0 Å². The van der Waals surface area contributed by atoms with Gasteiger partial charge in [0.05, 0.1) is 5.69 Å². The number of rotatable bonds is 3. The lowest BCUT2D eigenvalue weighted by Gasteiger charge is -2.19. The molecule has 0 aliphatic rings. The van der Waals surface area contributed by atoms with E-state index in [1.165, 1.54) is 11.6 Å². The van der Waals surface area contributed by atoms with Crippen LogP contribution < -0.4 is 11.1 Å². The molecule has 3 heteroatoms. The van der Waals surface area contributed by atoms with Gasteiger partial charge in [0.2, 0.25) is 0 Å². The maximum Gasteiger partial charge on any atom is 0.146 e. The molecule has 2 aromatic carbocycles. The van der Waals surface area contributed by atoms with Gasteiger partial charge in [-0.25, -0.2) is 4.39 Å². The molecule has 106 valence electrons. The molecule has 0 spiro atoms. The van der Waals surface area contributed by atoms with E-state index in [-0.39, 0.29) is 11.2 Å². The lowest BCUT2D eigenvalue weighted by atomic mass is 9.87. The molecule has 0 atom stereocenters. The minimum Gasteiger partial charge on any atom is -0.353 e. The second-order valence-electron chi connectivity index (χ2n) is 5.97. The quantitative estimate of drug-likeness (QED) is 0.873. The number of benzene rings is 2. The van der Waals surface area contributed by atoms with Crippen LogP contribution in [0.3, 0.4) is 0 Å². The fraction of sp³-hybridized carbons (Fsp3) is 0.294. The molecule has 0 aromatic heterocycles. The summed E-state index contributed by atoms with van der Waals surface area (Å²) in [5.41, 5.74) is 8.99. The number of nitrogens with two attached hydrogens (primary N) is 1. The minimum atomic E-state index is -0.284. The van der Waals surface area contributed by atoms with Crippen LogP contribution in [0.1, 0.15) is 31.9 Å². The first-order valence-corrected chi connectivity index (χ1v) is 6.76. The van der Waals surface area contributed by atoms with E-state index in [2.05, 4.69) is 38.2 Å². The Morgan fingerprint density at radius 3 is 2.20 bits per heavy atom. The molecule has 0 aliphatic carbocycles. The summed E-state index contributed by atoms with van der Waals surface area (Å²) in [4.78, 5) is 0.